The summed E-state index contributed by atoms with van der Waals surface area (Å²) < 4.78 is 7.96. The highest BCUT2D eigenvalue weighted by molar-refractivity contribution is 9.08. The smallest absolute Gasteiger partial charge is 0.135 e. The minimum atomic E-state index is 0.170. The van der Waals surface area contributed by atoms with Crippen molar-refractivity contribution in [3.8, 4) is 0 Å². The molecular weight excluding hydrogens is 280 g/mol. The summed E-state index contributed by atoms with van der Waals surface area (Å²) in [5.41, 5.74) is 3.48. The van der Waals surface area contributed by atoms with E-state index in [0.717, 1.165) is 23.9 Å². The largest absolute Gasteiger partial charge is 0.358 e. The Bertz CT molecular complexity index is 517. The molecule has 3 rings (SSSR count). The molecule has 1 atom stereocenters. The summed E-state index contributed by atoms with van der Waals surface area (Å²) in [5, 5.41) is 0.871. The summed E-state index contributed by atoms with van der Waals surface area (Å²) in [6, 6.07) is 6.40. The van der Waals surface area contributed by atoms with E-state index in [-0.39, 0.29) is 6.23 Å². The lowest BCUT2D eigenvalue weighted by Crippen LogP contribution is -2.17. The van der Waals surface area contributed by atoms with Crippen molar-refractivity contribution in [3.63, 3.8) is 0 Å². The van der Waals surface area contributed by atoms with Crippen LogP contribution in [0.3, 0.4) is 0 Å². The standard InChI is InChI=1S/C13H15BrN2O/c14-8-10-4-5-12-11(7-10)15-9-16(12)13-3-1-2-6-17-13/h4-5,7,9,13H,1-3,6,8H2. The maximum absolute atomic E-state index is 5.80. The van der Waals surface area contributed by atoms with Gasteiger partial charge in [-0.05, 0) is 37.0 Å². The van der Waals surface area contributed by atoms with Gasteiger partial charge in [-0.25, -0.2) is 4.98 Å². The molecule has 0 bridgehead atoms. The second kappa shape index (κ2) is 4.78. The van der Waals surface area contributed by atoms with Crippen LogP contribution in [-0.2, 0) is 10.1 Å². The second-order valence-corrected chi connectivity index (χ2v) is 4.99. The van der Waals surface area contributed by atoms with E-state index in [9.17, 15) is 0 Å². The van der Waals surface area contributed by atoms with Crippen LogP contribution in [0.5, 0.6) is 0 Å². The molecule has 0 radical (unpaired) electrons. The van der Waals surface area contributed by atoms with Crippen LogP contribution in [0.4, 0.5) is 0 Å². The molecule has 0 aliphatic carbocycles. The molecule has 1 aliphatic heterocycles. The van der Waals surface area contributed by atoms with Gasteiger partial charge in [0.15, 0.2) is 0 Å². The molecule has 1 aromatic heterocycles. The first-order valence-corrected chi connectivity index (χ1v) is 7.13. The van der Waals surface area contributed by atoms with Crippen LogP contribution in [0, 0.1) is 0 Å². The van der Waals surface area contributed by atoms with Crippen molar-refractivity contribution in [2.75, 3.05) is 6.61 Å². The van der Waals surface area contributed by atoms with Crippen molar-refractivity contribution in [1.29, 1.82) is 0 Å². The SMILES string of the molecule is BrCc1ccc2c(c1)ncn2C1CCCCO1. The third-order valence-corrected chi connectivity index (χ3v) is 3.91. The number of hydrogen-bond acceptors (Lipinski definition) is 2. The Kier molecular flexibility index (Phi) is 3.16. The lowest BCUT2D eigenvalue weighted by Gasteiger charge is -2.24. The molecular formula is C13H15BrN2O. The summed E-state index contributed by atoms with van der Waals surface area (Å²) in [4.78, 5) is 4.46. The van der Waals surface area contributed by atoms with Gasteiger partial charge in [-0.15, -0.1) is 0 Å². The zero-order chi connectivity index (χ0) is 11.7. The van der Waals surface area contributed by atoms with Crippen LogP contribution in [0.15, 0.2) is 24.5 Å². The van der Waals surface area contributed by atoms with E-state index in [1.165, 1.54) is 23.9 Å². The molecule has 2 aromatic rings. The zero-order valence-electron chi connectivity index (χ0n) is 9.60. The van der Waals surface area contributed by atoms with E-state index >= 15 is 0 Å². The number of benzene rings is 1. The molecule has 1 saturated heterocycles. The van der Waals surface area contributed by atoms with Gasteiger partial charge in [0.05, 0.1) is 17.4 Å². The van der Waals surface area contributed by atoms with Crippen LogP contribution in [0.25, 0.3) is 11.0 Å². The molecule has 0 saturated carbocycles. The van der Waals surface area contributed by atoms with E-state index in [1.54, 1.807) is 0 Å². The predicted molar refractivity (Wildman–Crippen MR) is 71.2 cm³/mol. The molecule has 4 heteroatoms. The first-order valence-electron chi connectivity index (χ1n) is 6.01. The van der Waals surface area contributed by atoms with Crippen LogP contribution >= 0.6 is 15.9 Å². The van der Waals surface area contributed by atoms with Crippen LogP contribution in [0.1, 0.15) is 31.1 Å². The Hall–Kier alpha value is -0.870. The number of imidazole rings is 1. The molecule has 1 aromatic carbocycles. The van der Waals surface area contributed by atoms with Gasteiger partial charge in [-0.1, -0.05) is 22.0 Å². The minimum absolute atomic E-state index is 0.170. The van der Waals surface area contributed by atoms with E-state index in [0.29, 0.717) is 0 Å². The number of rotatable bonds is 2. The number of halogens is 1. The van der Waals surface area contributed by atoms with Gasteiger partial charge < -0.3 is 9.30 Å². The van der Waals surface area contributed by atoms with Gasteiger partial charge in [0.2, 0.25) is 0 Å². The van der Waals surface area contributed by atoms with Crippen molar-refractivity contribution < 1.29 is 4.74 Å². The fraction of sp³-hybridized carbons (Fsp3) is 0.462. The fourth-order valence-electron chi connectivity index (χ4n) is 2.33. The van der Waals surface area contributed by atoms with Gasteiger partial charge in [0.1, 0.15) is 6.23 Å². The Balaban J connectivity index is 1.99. The second-order valence-electron chi connectivity index (χ2n) is 4.43. The van der Waals surface area contributed by atoms with Crippen LogP contribution in [-0.4, -0.2) is 16.2 Å². The lowest BCUT2D eigenvalue weighted by atomic mass is 10.1. The zero-order valence-corrected chi connectivity index (χ0v) is 11.2. The van der Waals surface area contributed by atoms with Gasteiger partial charge >= 0.3 is 0 Å². The Labute approximate surface area is 109 Å². The van der Waals surface area contributed by atoms with Crippen molar-refractivity contribution >= 4 is 27.0 Å². The highest BCUT2D eigenvalue weighted by Crippen LogP contribution is 2.26. The topological polar surface area (TPSA) is 27.1 Å². The first-order chi connectivity index (χ1) is 8.38. The van der Waals surface area contributed by atoms with Crippen molar-refractivity contribution in [3.05, 3.63) is 30.1 Å². The average Bonchev–Trinajstić information content (AvgIpc) is 2.82. The number of ether oxygens (including phenoxy) is 1. The van der Waals surface area contributed by atoms with Crippen molar-refractivity contribution in [2.24, 2.45) is 0 Å². The summed E-state index contributed by atoms with van der Waals surface area (Å²) in [6.07, 6.45) is 5.58. The molecule has 3 nitrogen and oxygen atoms in total. The maximum Gasteiger partial charge on any atom is 0.135 e. The Morgan fingerprint density at radius 1 is 1.41 bits per heavy atom. The molecule has 90 valence electrons. The van der Waals surface area contributed by atoms with Crippen LogP contribution in [0.2, 0.25) is 0 Å². The first kappa shape index (κ1) is 11.2. The minimum Gasteiger partial charge on any atom is -0.358 e. The summed E-state index contributed by atoms with van der Waals surface area (Å²) in [7, 11) is 0. The average molecular weight is 295 g/mol. The Morgan fingerprint density at radius 2 is 2.35 bits per heavy atom. The van der Waals surface area contributed by atoms with Gasteiger partial charge in [-0.2, -0.15) is 0 Å². The summed E-state index contributed by atoms with van der Waals surface area (Å²) in [6.45, 7) is 0.865. The van der Waals surface area contributed by atoms with E-state index in [4.69, 9.17) is 4.74 Å². The summed E-state index contributed by atoms with van der Waals surface area (Å²) in [5.74, 6) is 0. The predicted octanol–water partition coefficient (Wildman–Crippen LogP) is 3.63. The van der Waals surface area contributed by atoms with E-state index in [1.807, 2.05) is 6.33 Å². The van der Waals surface area contributed by atoms with E-state index < -0.39 is 0 Å². The normalized spacial score (nSPS) is 20.9. The number of hydrogen-bond donors (Lipinski definition) is 0. The van der Waals surface area contributed by atoms with E-state index in [2.05, 4.69) is 43.7 Å². The molecule has 1 fully saturated rings. The molecule has 0 spiro atoms. The number of aromatic nitrogens is 2. The van der Waals surface area contributed by atoms with Crippen molar-refractivity contribution in [1.82, 2.24) is 9.55 Å². The third kappa shape index (κ3) is 2.11. The van der Waals surface area contributed by atoms with Gasteiger partial charge in [-0.3, -0.25) is 0 Å². The number of alkyl halides is 1. The number of nitrogens with zero attached hydrogens (tertiary/aromatic N) is 2. The molecule has 1 unspecified atom stereocenters. The number of fused-ring (bicyclic) bond motifs is 1. The summed E-state index contributed by atoms with van der Waals surface area (Å²) >= 11 is 3.47. The van der Waals surface area contributed by atoms with Crippen LogP contribution < -0.4 is 0 Å². The van der Waals surface area contributed by atoms with Crippen molar-refractivity contribution in [2.45, 2.75) is 30.8 Å². The molecule has 2 heterocycles. The molecule has 1 aliphatic rings. The lowest BCUT2D eigenvalue weighted by molar-refractivity contribution is -0.0295. The van der Waals surface area contributed by atoms with Gasteiger partial charge in [0, 0.05) is 11.9 Å². The molecule has 17 heavy (non-hydrogen) atoms. The monoisotopic (exact) mass is 294 g/mol. The maximum atomic E-state index is 5.80. The van der Waals surface area contributed by atoms with Gasteiger partial charge in [0.25, 0.3) is 0 Å². The Morgan fingerprint density at radius 3 is 3.12 bits per heavy atom. The quantitative estimate of drug-likeness (QED) is 0.791. The highest BCUT2D eigenvalue weighted by atomic mass is 79.9. The highest BCUT2D eigenvalue weighted by Gasteiger charge is 2.17. The molecule has 0 N–H and O–H groups in total. The molecule has 0 amide bonds. The third-order valence-electron chi connectivity index (χ3n) is 3.26. The fourth-order valence-corrected chi connectivity index (χ4v) is 2.68.